The lowest BCUT2D eigenvalue weighted by Gasteiger charge is -2.15. The third kappa shape index (κ3) is 2.40. The van der Waals surface area contributed by atoms with E-state index in [4.69, 9.17) is 0 Å². The van der Waals surface area contributed by atoms with Gasteiger partial charge in [0.15, 0.2) is 0 Å². The highest BCUT2D eigenvalue weighted by molar-refractivity contribution is 5.86. The predicted octanol–water partition coefficient (Wildman–Crippen LogP) is 2.52. The largest absolute Gasteiger partial charge is 0.361 e. The number of hydrogen-bond acceptors (Lipinski definition) is 2. The Bertz CT molecular complexity index is 558. The van der Waals surface area contributed by atoms with Gasteiger partial charge in [-0.2, -0.15) is 0 Å². The smallest absolute Gasteiger partial charge is 0.0489 e. The van der Waals surface area contributed by atoms with Crippen molar-refractivity contribution in [2.24, 2.45) is 0 Å². The fourth-order valence-electron chi connectivity index (χ4n) is 3.15. The van der Waals surface area contributed by atoms with Crippen LogP contribution in [0.2, 0.25) is 0 Å². The molecule has 3 heteroatoms. The van der Waals surface area contributed by atoms with Crippen LogP contribution in [0.4, 0.5) is 0 Å². The van der Waals surface area contributed by atoms with Gasteiger partial charge in [0.1, 0.15) is 0 Å². The molecule has 1 aromatic carbocycles. The summed E-state index contributed by atoms with van der Waals surface area (Å²) in [4.78, 5) is 6.01. The van der Waals surface area contributed by atoms with Crippen molar-refractivity contribution in [1.82, 2.24) is 15.2 Å². The lowest BCUT2D eigenvalue weighted by atomic mass is 10.1. The van der Waals surface area contributed by atoms with E-state index >= 15 is 0 Å². The van der Waals surface area contributed by atoms with E-state index < -0.39 is 0 Å². The van der Waals surface area contributed by atoms with Crippen LogP contribution in [0.3, 0.4) is 0 Å². The highest BCUT2D eigenvalue weighted by Crippen LogP contribution is 2.24. The number of hydrogen-bond donors (Lipinski definition) is 2. The van der Waals surface area contributed by atoms with Crippen LogP contribution >= 0.6 is 0 Å². The Morgan fingerprint density at radius 1 is 1.37 bits per heavy atom. The van der Waals surface area contributed by atoms with E-state index in [1.807, 2.05) is 0 Å². The number of aryl methyl sites for hydroxylation is 1. The number of fused-ring (bicyclic) bond motifs is 1. The quantitative estimate of drug-likeness (QED) is 0.882. The molecule has 3 rings (SSSR count). The first-order valence-corrected chi connectivity index (χ1v) is 7.29. The summed E-state index contributed by atoms with van der Waals surface area (Å²) < 4.78 is 0. The molecule has 0 amide bonds. The number of likely N-dealkylation sites (tertiary alicyclic amines) is 1. The zero-order valence-corrected chi connectivity index (χ0v) is 11.9. The van der Waals surface area contributed by atoms with E-state index in [1.165, 1.54) is 35.0 Å². The van der Waals surface area contributed by atoms with Crippen molar-refractivity contribution in [3.05, 3.63) is 35.5 Å². The Labute approximate surface area is 115 Å². The topological polar surface area (TPSA) is 31.1 Å². The molecule has 19 heavy (non-hydrogen) atoms. The molecule has 0 radical (unpaired) electrons. The van der Waals surface area contributed by atoms with Gasteiger partial charge in [0.25, 0.3) is 0 Å². The second kappa shape index (κ2) is 5.35. The van der Waals surface area contributed by atoms with Gasteiger partial charge in [-0.25, -0.2) is 0 Å². The average Bonchev–Trinajstić information content (AvgIpc) is 3.06. The molecule has 2 aromatic rings. The first-order chi connectivity index (χ1) is 9.31. The fraction of sp³-hybridized carbons (Fsp3) is 0.500. The normalized spacial score (nSPS) is 20.4. The van der Waals surface area contributed by atoms with Gasteiger partial charge in [-0.3, -0.25) is 4.90 Å². The van der Waals surface area contributed by atoms with E-state index in [9.17, 15) is 0 Å². The number of aromatic amines is 1. The Balaban J connectivity index is 1.82. The fourth-order valence-corrected chi connectivity index (χ4v) is 3.15. The zero-order chi connectivity index (χ0) is 13.2. The minimum Gasteiger partial charge on any atom is -0.361 e. The number of para-hydroxylation sites is 1. The number of benzene rings is 1. The van der Waals surface area contributed by atoms with Crippen molar-refractivity contribution in [3.8, 4) is 0 Å². The van der Waals surface area contributed by atoms with Crippen molar-refractivity contribution in [3.63, 3.8) is 0 Å². The Morgan fingerprint density at radius 3 is 3.00 bits per heavy atom. The van der Waals surface area contributed by atoms with E-state index in [2.05, 4.69) is 53.6 Å². The van der Waals surface area contributed by atoms with Crippen LogP contribution in [0.1, 0.15) is 24.5 Å². The van der Waals surface area contributed by atoms with E-state index in [0.29, 0.717) is 6.04 Å². The molecule has 3 nitrogen and oxygen atoms in total. The first-order valence-electron chi connectivity index (χ1n) is 7.29. The minimum atomic E-state index is 0.663. The molecule has 1 saturated heterocycles. The van der Waals surface area contributed by atoms with Gasteiger partial charge in [-0.1, -0.05) is 25.1 Å². The summed E-state index contributed by atoms with van der Waals surface area (Å²) in [5.41, 5.74) is 4.17. The van der Waals surface area contributed by atoms with Crippen molar-refractivity contribution in [2.75, 3.05) is 20.1 Å². The molecule has 1 aliphatic heterocycles. The lowest BCUT2D eigenvalue weighted by Crippen LogP contribution is -2.29. The molecule has 1 atom stereocenters. The van der Waals surface area contributed by atoms with Gasteiger partial charge >= 0.3 is 0 Å². The minimum absolute atomic E-state index is 0.663. The average molecular weight is 257 g/mol. The third-order valence-corrected chi connectivity index (χ3v) is 4.34. The number of nitrogens with one attached hydrogen (secondary N) is 2. The van der Waals surface area contributed by atoms with Crippen molar-refractivity contribution < 1.29 is 0 Å². The number of likely N-dealkylation sites (N-methyl/N-ethyl adjacent to an activating group) is 1. The van der Waals surface area contributed by atoms with Crippen LogP contribution in [-0.2, 0) is 13.0 Å². The summed E-state index contributed by atoms with van der Waals surface area (Å²) in [5.74, 6) is 0. The van der Waals surface area contributed by atoms with Gasteiger partial charge in [-0.05, 0) is 31.0 Å². The van der Waals surface area contributed by atoms with Gasteiger partial charge in [-0.15, -0.1) is 0 Å². The van der Waals surface area contributed by atoms with Gasteiger partial charge in [0.05, 0.1) is 0 Å². The SMILES string of the molecule is CCc1cccc2c(CN3CCC(NC)C3)c[nH]c12. The summed E-state index contributed by atoms with van der Waals surface area (Å²) in [7, 11) is 2.06. The van der Waals surface area contributed by atoms with E-state index in [0.717, 1.165) is 19.5 Å². The summed E-state index contributed by atoms with van der Waals surface area (Å²) >= 11 is 0. The maximum absolute atomic E-state index is 3.46. The standard InChI is InChI=1S/C16H23N3/c1-3-12-5-4-6-15-13(9-18-16(12)15)10-19-8-7-14(11-19)17-2/h4-6,9,14,17-18H,3,7-8,10-11H2,1-2H3. The Morgan fingerprint density at radius 2 is 2.26 bits per heavy atom. The van der Waals surface area contributed by atoms with Gasteiger partial charge in [0.2, 0.25) is 0 Å². The zero-order valence-electron chi connectivity index (χ0n) is 11.9. The maximum atomic E-state index is 3.46. The molecule has 2 N–H and O–H groups in total. The summed E-state index contributed by atoms with van der Waals surface area (Å²) in [6.07, 6.45) is 4.54. The number of nitrogens with zero attached hydrogens (tertiary/aromatic N) is 1. The molecule has 1 fully saturated rings. The molecular formula is C16H23N3. The van der Waals surface area contributed by atoms with E-state index in [1.54, 1.807) is 0 Å². The number of aromatic nitrogens is 1. The number of H-pyrrole nitrogens is 1. The van der Waals surface area contributed by atoms with Crippen LogP contribution in [0.5, 0.6) is 0 Å². The predicted molar refractivity (Wildman–Crippen MR) is 80.4 cm³/mol. The van der Waals surface area contributed by atoms with Gasteiger partial charge < -0.3 is 10.3 Å². The monoisotopic (exact) mass is 257 g/mol. The second-order valence-corrected chi connectivity index (χ2v) is 5.52. The van der Waals surface area contributed by atoms with Crippen LogP contribution in [-0.4, -0.2) is 36.1 Å². The molecule has 0 saturated carbocycles. The molecule has 1 unspecified atom stereocenters. The first kappa shape index (κ1) is 12.7. The van der Waals surface area contributed by atoms with Crippen molar-refractivity contribution in [1.29, 1.82) is 0 Å². The highest BCUT2D eigenvalue weighted by atomic mass is 15.2. The lowest BCUT2D eigenvalue weighted by molar-refractivity contribution is 0.323. The van der Waals surface area contributed by atoms with Crippen LogP contribution in [0, 0.1) is 0 Å². The third-order valence-electron chi connectivity index (χ3n) is 4.34. The Hall–Kier alpha value is -1.32. The van der Waals surface area contributed by atoms with Crippen LogP contribution in [0.25, 0.3) is 10.9 Å². The van der Waals surface area contributed by atoms with Gasteiger partial charge in [0, 0.05) is 42.8 Å². The molecule has 0 spiro atoms. The van der Waals surface area contributed by atoms with Crippen molar-refractivity contribution in [2.45, 2.75) is 32.4 Å². The summed E-state index contributed by atoms with van der Waals surface area (Å²) in [6.45, 7) is 5.64. The second-order valence-electron chi connectivity index (χ2n) is 5.52. The van der Waals surface area contributed by atoms with Crippen molar-refractivity contribution >= 4 is 10.9 Å². The molecule has 1 aliphatic rings. The Kier molecular flexibility index (Phi) is 3.58. The molecule has 102 valence electrons. The van der Waals surface area contributed by atoms with Crippen LogP contribution < -0.4 is 5.32 Å². The van der Waals surface area contributed by atoms with Crippen LogP contribution in [0.15, 0.2) is 24.4 Å². The maximum Gasteiger partial charge on any atom is 0.0489 e. The summed E-state index contributed by atoms with van der Waals surface area (Å²) in [5, 5.41) is 4.78. The molecule has 1 aromatic heterocycles. The highest BCUT2D eigenvalue weighted by Gasteiger charge is 2.21. The number of rotatable bonds is 4. The summed E-state index contributed by atoms with van der Waals surface area (Å²) in [6, 6.07) is 7.30. The van der Waals surface area contributed by atoms with E-state index in [-0.39, 0.29) is 0 Å². The molecular weight excluding hydrogens is 234 g/mol. The molecule has 2 heterocycles. The molecule has 0 aliphatic carbocycles. The molecule has 0 bridgehead atoms.